The van der Waals surface area contributed by atoms with Crippen LogP contribution in [-0.2, 0) is 0 Å². The zero-order valence-electron chi connectivity index (χ0n) is 18.8. The van der Waals surface area contributed by atoms with Gasteiger partial charge in [0.05, 0.1) is 37.5 Å². The third-order valence-electron chi connectivity index (χ3n) is 5.71. The average Bonchev–Trinajstić information content (AvgIpc) is 3.58. The highest BCUT2D eigenvalue weighted by Gasteiger charge is 2.18. The molecule has 1 atom stereocenters. The lowest BCUT2D eigenvalue weighted by atomic mass is 10.0. The first-order valence-electron chi connectivity index (χ1n) is 10.9. The first-order valence-corrected chi connectivity index (χ1v) is 10.9. The highest BCUT2D eigenvalue weighted by molar-refractivity contribution is 6.04. The van der Waals surface area contributed by atoms with Gasteiger partial charge in [0.15, 0.2) is 0 Å². The maximum Gasteiger partial charge on any atom is 0.255 e. The van der Waals surface area contributed by atoms with Gasteiger partial charge in [0.2, 0.25) is 0 Å². The Morgan fingerprint density at radius 1 is 1.20 bits per heavy atom. The Bertz CT molecular complexity index is 1530. The van der Waals surface area contributed by atoms with E-state index < -0.39 is 0 Å². The molecule has 0 bridgehead atoms. The fourth-order valence-corrected chi connectivity index (χ4v) is 3.95. The minimum Gasteiger partial charge on any atom is -0.497 e. The van der Waals surface area contributed by atoms with Gasteiger partial charge in [-0.3, -0.25) is 9.48 Å². The van der Waals surface area contributed by atoms with E-state index in [4.69, 9.17) is 4.74 Å². The quantitative estimate of drug-likeness (QED) is 0.364. The topological polar surface area (TPSA) is 122 Å². The van der Waals surface area contributed by atoms with Crippen LogP contribution in [0.2, 0.25) is 0 Å². The third kappa shape index (κ3) is 4.45. The molecule has 1 amide bonds. The molecule has 0 saturated carbocycles. The average molecular weight is 464 g/mol. The number of methoxy groups -OCH3 is 1. The number of amides is 1. The molecule has 0 saturated heterocycles. The van der Waals surface area contributed by atoms with Gasteiger partial charge in [0, 0.05) is 34.6 Å². The van der Waals surface area contributed by atoms with Crippen LogP contribution in [0, 0.1) is 11.3 Å². The van der Waals surface area contributed by atoms with Crippen molar-refractivity contribution in [1.29, 1.82) is 5.26 Å². The summed E-state index contributed by atoms with van der Waals surface area (Å²) in [4.78, 5) is 24.6. The fourth-order valence-electron chi connectivity index (χ4n) is 3.95. The lowest BCUT2D eigenvalue weighted by Gasteiger charge is -2.16. The molecule has 5 rings (SSSR count). The number of fused-ring (bicyclic) bond motifs is 1. The molecule has 9 heteroatoms. The first-order chi connectivity index (χ1) is 17.2. The predicted octanol–water partition coefficient (Wildman–Crippen LogP) is 4.59. The second-order valence-electron chi connectivity index (χ2n) is 7.86. The summed E-state index contributed by atoms with van der Waals surface area (Å²) in [6.45, 7) is 0. The molecule has 0 fully saturated rings. The van der Waals surface area contributed by atoms with Crippen LogP contribution in [0.4, 0.5) is 5.69 Å². The number of anilines is 1. The van der Waals surface area contributed by atoms with Crippen LogP contribution in [-0.4, -0.2) is 37.7 Å². The summed E-state index contributed by atoms with van der Waals surface area (Å²) in [5.74, 6) is 0.465. The molecule has 5 aromatic rings. The minimum absolute atomic E-state index is 0.189. The lowest BCUT2D eigenvalue weighted by molar-refractivity contribution is 0.102. The summed E-state index contributed by atoms with van der Waals surface area (Å²) in [6.07, 6.45) is 7.09. The monoisotopic (exact) mass is 463 g/mol. The van der Waals surface area contributed by atoms with E-state index in [1.165, 1.54) is 6.33 Å². The number of nitriles is 1. The van der Waals surface area contributed by atoms with Crippen molar-refractivity contribution in [3.8, 4) is 23.1 Å². The maximum atomic E-state index is 12.9. The molecule has 0 aliphatic heterocycles. The number of aromatic amines is 1. The number of ether oxygens (including phenoxy) is 1. The Labute approximate surface area is 201 Å². The van der Waals surface area contributed by atoms with Crippen molar-refractivity contribution >= 4 is 22.6 Å². The standard InChI is InChI=1S/C26H21N7O2/c1-35-21-7-5-20(6-8-21)32-26(34)18-4-2-3-17(13-18)23(9-11-27)33-15-19(14-31-33)24-22-10-12-28-25(22)30-16-29-24/h2-8,10,12-16,23H,9H2,1H3,(H,32,34)(H,28,29,30). The number of benzene rings is 2. The zero-order valence-corrected chi connectivity index (χ0v) is 18.8. The Balaban J connectivity index is 1.42. The van der Waals surface area contributed by atoms with Gasteiger partial charge in [-0.05, 0) is 48.0 Å². The Morgan fingerprint density at radius 3 is 2.86 bits per heavy atom. The van der Waals surface area contributed by atoms with E-state index in [1.54, 1.807) is 60.5 Å². The van der Waals surface area contributed by atoms with E-state index in [-0.39, 0.29) is 18.4 Å². The number of nitrogens with zero attached hydrogens (tertiary/aromatic N) is 5. The number of hydrogen-bond acceptors (Lipinski definition) is 6. The van der Waals surface area contributed by atoms with Gasteiger partial charge in [-0.2, -0.15) is 10.4 Å². The van der Waals surface area contributed by atoms with E-state index in [0.29, 0.717) is 17.0 Å². The van der Waals surface area contributed by atoms with E-state index in [1.807, 2.05) is 24.5 Å². The molecule has 172 valence electrons. The fraction of sp³-hybridized carbons (Fsp3) is 0.115. The number of carbonyl (C=O) groups excluding carboxylic acids is 1. The smallest absolute Gasteiger partial charge is 0.255 e. The number of H-pyrrole nitrogens is 1. The molecule has 0 aliphatic carbocycles. The minimum atomic E-state index is -0.369. The van der Waals surface area contributed by atoms with Crippen LogP contribution >= 0.6 is 0 Å². The summed E-state index contributed by atoms with van der Waals surface area (Å²) >= 11 is 0. The maximum absolute atomic E-state index is 12.9. The van der Waals surface area contributed by atoms with E-state index in [2.05, 4.69) is 31.4 Å². The van der Waals surface area contributed by atoms with Crippen LogP contribution in [0.1, 0.15) is 28.4 Å². The van der Waals surface area contributed by atoms with Crippen molar-refractivity contribution in [2.45, 2.75) is 12.5 Å². The van der Waals surface area contributed by atoms with E-state index in [0.717, 1.165) is 27.9 Å². The van der Waals surface area contributed by atoms with Crippen molar-refractivity contribution in [1.82, 2.24) is 24.7 Å². The molecule has 0 spiro atoms. The molecule has 2 N–H and O–H groups in total. The summed E-state index contributed by atoms with van der Waals surface area (Å²) in [7, 11) is 1.59. The van der Waals surface area contributed by atoms with Crippen LogP contribution in [0.5, 0.6) is 5.75 Å². The van der Waals surface area contributed by atoms with Crippen LogP contribution in [0.25, 0.3) is 22.3 Å². The number of hydrogen-bond donors (Lipinski definition) is 2. The second-order valence-corrected chi connectivity index (χ2v) is 7.86. The van der Waals surface area contributed by atoms with Gasteiger partial charge in [0.1, 0.15) is 17.7 Å². The summed E-state index contributed by atoms with van der Waals surface area (Å²) in [6, 6.07) is 18.1. The SMILES string of the molecule is COc1ccc(NC(=O)c2cccc(C(CC#N)n3cc(-c4ncnc5[nH]ccc45)cn3)c2)cc1. The number of nitrogens with one attached hydrogen (secondary N) is 2. The normalized spacial score (nSPS) is 11.7. The third-order valence-corrected chi connectivity index (χ3v) is 5.71. The molecule has 3 heterocycles. The highest BCUT2D eigenvalue weighted by atomic mass is 16.5. The second kappa shape index (κ2) is 9.49. The van der Waals surface area contributed by atoms with Crippen molar-refractivity contribution in [3.63, 3.8) is 0 Å². The molecule has 0 aliphatic rings. The van der Waals surface area contributed by atoms with Crippen molar-refractivity contribution in [2.75, 3.05) is 12.4 Å². The molecular weight excluding hydrogens is 442 g/mol. The number of aromatic nitrogens is 5. The first kappa shape index (κ1) is 21.9. The molecule has 9 nitrogen and oxygen atoms in total. The molecule has 35 heavy (non-hydrogen) atoms. The van der Waals surface area contributed by atoms with Gasteiger partial charge < -0.3 is 15.0 Å². The predicted molar refractivity (Wildman–Crippen MR) is 131 cm³/mol. The molecule has 3 aromatic heterocycles. The van der Waals surface area contributed by atoms with Crippen molar-refractivity contribution < 1.29 is 9.53 Å². The molecule has 1 unspecified atom stereocenters. The largest absolute Gasteiger partial charge is 0.497 e. The summed E-state index contributed by atoms with van der Waals surface area (Å²) in [5, 5.41) is 17.8. The molecular formula is C26H21N7O2. The van der Waals surface area contributed by atoms with Gasteiger partial charge >= 0.3 is 0 Å². The van der Waals surface area contributed by atoms with Crippen LogP contribution < -0.4 is 10.1 Å². The number of carbonyl (C=O) groups is 1. The zero-order chi connectivity index (χ0) is 24.2. The number of rotatable bonds is 7. The lowest BCUT2D eigenvalue weighted by Crippen LogP contribution is -2.15. The van der Waals surface area contributed by atoms with E-state index >= 15 is 0 Å². The van der Waals surface area contributed by atoms with Crippen LogP contribution in [0.15, 0.2) is 79.5 Å². The highest BCUT2D eigenvalue weighted by Crippen LogP contribution is 2.28. The van der Waals surface area contributed by atoms with Gasteiger partial charge in [-0.1, -0.05) is 12.1 Å². The van der Waals surface area contributed by atoms with Gasteiger partial charge in [-0.25, -0.2) is 9.97 Å². The van der Waals surface area contributed by atoms with Crippen molar-refractivity contribution in [3.05, 3.63) is 90.6 Å². The molecule has 0 radical (unpaired) electrons. The Hall–Kier alpha value is -4.97. The van der Waals surface area contributed by atoms with Gasteiger partial charge in [-0.15, -0.1) is 0 Å². The summed E-state index contributed by atoms with van der Waals surface area (Å²) < 4.78 is 6.89. The van der Waals surface area contributed by atoms with Crippen molar-refractivity contribution in [2.24, 2.45) is 0 Å². The van der Waals surface area contributed by atoms with Gasteiger partial charge in [0.25, 0.3) is 5.91 Å². The molecule has 2 aromatic carbocycles. The van der Waals surface area contributed by atoms with E-state index in [9.17, 15) is 10.1 Å². The summed E-state index contributed by atoms with van der Waals surface area (Å²) in [5.41, 5.74) is 4.26. The Morgan fingerprint density at radius 2 is 2.06 bits per heavy atom. The van der Waals surface area contributed by atoms with Crippen LogP contribution in [0.3, 0.4) is 0 Å². The Kier molecular flexibility index (Phi) is 5.92.